The second-order valence-corrected chi connectivity index (χ2v) is 5.72. The Balaban J connectivity index is 2.59. The number of ether oxygens (including phenoxy) is 2. The molecule has 108 valence electrons. The van der Waals surface area contributed by atoms with E-state index in [1.54, 1.807) is 25.6 Å². The summed E-state index contributed by atoms with van der Waals surface area (Å²) < 4.78 is 11.0. The standard InChI is InChI=1S/C15H20N2O2S/c1-9-15(20-10(2)17-9)14(16-3)13-11(18-4)7-6-8-12(13)19-5/h6-8,14,16H,1-5H3. The molecule has 1 atom stereocenters. The van der Waals surface area contributed by atoms with E-state index < -0.39 is 0 Å². The fraction of sp³-hybridized carbons (Fsp3) is 0.400. The molecule has 0 aliphatic carbocycles. The largest absolute Gasteiger partial charge is 0.496 e. The zero-order valence-corrected chi connectivity index (χ0v) is 13.3. The molecule has 2 aromatic rings. The Bertz CT molecular complexity index is 573. The van der Waals surface area contributed by atoms with Gasteiger partial charge in [0, 0.05) is 4.88 Å². The van der Waals surface area contributed by atoms with Gasteiger partial charge in [0.1, 0.15) is 11.5 Å². The fourth-order valence-corrected chi connectivity index (χ4v) is 3.43. The molecule has 1 aromatic heterocycles. The van der Waals surface area contributed by atoms with Gasteiger partial charge in [-0.25, -0.2) is 4.98 Å². The number of nitrogens with one attached hydrogen (secondary N) is 1. The lowest BCUT2D eigenvalue weighted by Gasteiger charge is -2.21. The number of methoxy groups -OCH3 is 2. The molecule has 0 saturated carbocycles. The minimum Gasteiger partial charge on any atom is -0.496 e. The smallest absolute Gasteiger partial charge is 0.127 e. The van der Waals surface area contributed by atoms with E-state index in [4.69, 9.17) is 9.47 Å². The van der Waals surface area contributed by atoms with Crippen molar-refractivity contribution >= 4 is 11.3 Å². The van der Waals surface area contributed by atoms with Gasteiger partial charge in [-0.1, -0.05) is 6.07 Å². The highest BCUT2D eigenvalue weighted by molar-refractivity contribution is 7.11. The first kappa shape index (κ1) is 14.8. The van der Waals surface area contributed by atoms with Crippen molar-refractivity contribution in [3.63, 3.8) is 0 Å². The summed E-state index contributed by atoms with van der Waals surface area (Å²) in [7, 11) is 5.29. The molecule has 1 heterocycles. The Morgan fingerprint density at radius 1 is 1.15 bits per heavy atom. The number of rotatable bonds is 5. The third-order valence-electron chi connectivity index (χ3n) is 3.24. The Labute approximate surface area is 123 Å². The summed E-state index contributed by atoms with van der Waals surface area (Å²) >= 11 is 1.70. The number of benzene rings is 1. The minimum atomic E-state index is 0.00676. The van der Waals surface area contributed by atoms with Gasteiger partial charge >= 0.3 is 0 Å². The fourth-order valence-electron chi connectivity index (χ4n) is 2.39. The topological polar surface area (TPSA) is 43.4 Å². The molecule has 0 spiro atoms. The lowest BCUT2D eigenvalue weighted by molar-refractivity contribution is 0.379. The Kier molecular flexibility index (Phi) is 4.62. The van der Waals surface area contributed by atoms with E-state index in [0.717, 1.165) is 27.8 Å². The van der Waals surface area contributed by atoms with Crippen LogP contribution in [0, 0.1) is 13.8 Å². The van der Waals surface area contributed by atoms with Gasteiger partial charge in [-0.3, -0.25) is 0 Å². The van der Waals surface area contributed by atoms with Crippen molar-refractivity contribution in [1.82, 2.24) is 10.3 Å². The highest BCUT2D eigenvalue weighted by atomic mass is 32.1. The van der Waals surface area contributed by atoms with E-state index in [-0.39, 0.29) is 6.04 Å². The summed E-state index contributed by atoms with van der Waals surface area (Å²) in [6.45, 7) is 4.05. The van der Waals surface area contributed by atoms with Crippen LogP contribution >= 0.6 is 11.3 Å². The molecule has 0 aliphatic heterocycles. The van der Waals surface area contributed by atoms with Gasteiger partial charge in [-0.2, -0.15) is 0 Å². The molecule has 1 unspecified atom stereocenters. The maximum absolute atomic E-state index is 5.50. The third-order valence-corrected chi connectivity index (χ3v) is 4.38. The van der Waals surface area contributed by atoms with E-state index in [0.29, 0.717) is 0 Å². The second kappa shape index (κ2) is 6.24. The van der Waals surface area contributed by atoms with Crippen LogP contribution in [0.5, 0.6) is 11.5 Å². The average Bonchev–Trinajstić information content (AvgIpc) is 2.78. The molecule has 4 nitrogen and oxygen atoms in total. The Hall–Kier alpha value is -1.59. The molecule has 0 amide bonds. The van der Waals surface area contributed by atoms with E-state index in [2.05, 4.69) is 10.3 Å². The first-order chi connectivity index (χ1) is 9.62. The Morgan fingerprint density at radius 3 is 2.15 bits per heavy atom. The monoisotopic (exact) mass is 292 g/mol. The van der Waals surface area contributed by atoms with Gasteiger partial charge in [0.15, 0.2) is 0 Å². The number of hydrogen-bond donors (Lipinski definition) is 1. The molecule has 5 heteroatoms. The number of hydrogen-bond acceptors (Lipinski definition) is 5. The van der Waals surface area contributed by atoms with Crippen molar-refractivity contribution in [3.8, 4) is 11.5 Å². The maximum Gasteiger partial charge on any atom is 0.127 e. The van der Waals surface area contributed by atoms with E-state index in [1.165, 1.54) is 4.88 Å². The van der Waals surface area contributed by atoms with Crippen LogP contribution in [0.1, 0.15) is 27.2 Å². The van der Waals surface area contributed by atoms with Gasteiger partial charge in [0.2, 0.25) is 0 Å². The van der Waals surface area contributed by atoms with Crippen LogP contribution in [-0.2, 0) is 0 Å². The average molecular weight is 292 g/mol. The predicted octanol–water partition coefficient (Wildman–Crippen LogP) is 3.09. The van der Waals surface area contributed by atoms with E-state index in [9.17, 15) is 0 Å². The van der Waals surface area contributed by atoms with Crippen molar-refractivity contribution in [1.29, 1.82) is 0 Å². The summed E-state index contributed by atoms with van der Waals surface area (Å²) in [6.07, 6.45) is 0. The summed E-state index contributed by atoms with van der Waals surface area (Å²) in [5.41, 5.74) is 2.05. The molecule has 0 radical (unpaired) electrons. The molecule has 1 N–H and O–H groups in total. The van der Waals surface area contributed by atoms with Crippen LogP contribution in [-0.4, -0.2) is 26.3 Å². The number of nitrogens with zero attached hydrogens (tertiary/aromatic N) is 1. The SMILES string of the molecule is CNC(c1sc(C)nc1C)c1c(OC)cccc1OC. The first-order valence-corrected chi connectivity index (χ1v) is 7.26. The zero-order valence-electron chi connectivity index (χ0n) is 12.5. The van der Waals surface area contributed by atoms with Gasteiger partial charge < -0.3 is 14.8 Å². The molecule has 0 bridgehead atoms. The zero-order chi connectivity index (χ0) is 14.7. The molecular weight excluding hydrogens is 272 g/mol. The first-order valence-electron chi connectivity index (χ1n) is 6.44. The minimum absolute atomic E-state index is 0.00676. The quantitative estimate of drug-likeness (QED) is 0.919. The van der Waals surface area contributed by atoms with Gasteiger partial charge in [-0.15, -0.1) is 11.3 Å². The number of aromatic nitrogens is 1. The molecule has 0 fully saturated rings. The van der Waals surface area contributed by atoms with Crippen molar-refractivity contribution in [2.45, 2.75) is 19.9 Å². The third kappa shape index (κ3) is 2.64. The normalized spacial score (nSPS) is 12.2. The highest BCUT2D eigenvalue weighted by Gasteiger charge is 2.24. The van der Waals surface area contributed by atoms with Crippen molar-refractivity contribution in [3.05, 3.63) is 39.3 Å². The summed E-state index contributed by atoms with van der Waals surface area (Å²) in [5.74, 6) is 1.63. The lowest BCUT2D eigenvalue weighted by Crippen LogP contribution is -2.19. The van der Waals surface area contributed by atoms with Crippen molar-refractivity contribution in [2.24, 2.45) is 0 Å². The maximum atomic E-state index is 5.50. The molecule has 1 aromatic carbocycles. The highest BCUT2D eigenvalue weighted by Crippen LogP contribution is 2.39. The number of thiazole rings is 1. The molecule has 20 heavy (non-hydrogen) atoms. The molecule has 2 rings (SSSR count). The van der Waals surface area contributed by atoms with Crippen LogP contribution in [0.4, 0.5) is 0 Å². The van der Waals surface area contributed by atoms with Crippen LogP contribution in [0.15, 0.2) is 18.2 Å². The molecule has 0 aliphatic rings. The van der Waals surface area contributed by atoms with Gasteiger partial charge in [0.05, 0.1) is 36.5 Å². The predicted molar refractivity (Wildman–Crippen MR) is 82.0 cm³/mol. The van der Waals surface area contributed by atoms with Crippen LogP contribution in [0.25, 0.3) is 0 Å². The van der Waals surface area contributed by atoms with E-state index in [1.807, 2.05) is 39.1 Å². The van der Waals surface area contributed by atoms with Crippen molar-refractivity contribution < 1.29 is 9.47 Å². The summed E-state index contributed by atoms with van der Waals surface area (Å²) in [4.78, 5) is 5.70. The van der Waals surface area contributed by atoms with Gasteiger partial charge in [0.25, 0.3) is 0 Å². The number of aryl methyl sites for hydroxylation is 2. The van der Waals surface area contributed by atoms with Crippen LogP contribution in [0.2, 0.25) is 0 Å². The van der Waals surface area contributed by atoms with Gasteiger partial charge in [-0.05, 0) is 33.0 Å². The molecule has 0 saturated heterocycles. The summed E-state index contributed by atoms with van der Waals surface area (Å²) in [5, 5.41) is 4.41. The molecular formula is C15H20N2O2S. The van der Waals surface area contributed by atoms with E-state index >= 15 is 0 Å². The van der Waals surface area contributed by atoms with Crippen molar-refractivity contribution in [2.75, 3.05) is 21.3 Å². The summed E-state index contributed by atoms with van der Waals surface area (Å²) in [6, 6.07) is 5.84. The van der Waals surface area contributed by atoms with Crippen LogP contribution < -0.4 is 14.8 Å². The Morgan fingerprint density at radius 2 is 1.75 bits per heavy atom. The van der Waals surface area contributed by atoms with Crippen LogP contribution in [0.3, 0.4) is 0 Å². The second-order valence-electron chi connectivity index (χ2n) is 4.48. The lowest BCUT2D eigenvalue weighted by atomic mass is 10.0.